The fourth-order valence-electron chi connectivity index (χ4n) is 2.90. The summed E-state index contributed by atoms with van der Waals surface area (Å²) in [5.41, 5.74) is 1.21. The van der Waals surface area contributed by atoms with Crippen molar-refractivity contribution in [1.82, 2.24) is 15.3 Å². The molecule has 27 heavy (non-hydrogen) atoms. The molecular weight excluding hydrogens is 344 g/mol. The number of hydrogen-bond donors (Lipinski definition) is 2. The third-order valence-corrected chi connectivity index (χ3v) is 4.34. The van der Waals surface area contributed by atoms with E-state index >= 15 is 0 Å². The molecule has 1 amide bonds. The molecular formula is C20H26N4O3. The van der Waals surface area contributed by atoms with Gasteiger partial charge in [-0.1, -0.05) is 30.3 Å². The Morgan fingerprint density at radius 2 is 2.15 bits per heavy atom. The van der Waals surface area contributed by atoms with Crippen molar-refractivity contribution < 1.29 is 14.3 Å². The van der Waals surface area contributed by atoms with E-state index in [1.54, 1.807) is 13.2 Å². The first-order chi connectivity index (χ1) is 13.3. The molecule has 1 unspecified atom stereocenters. The Hall–Kier alpha value is -2.51. The van der Waals surface area contributed by atoms with Gasteiger partial charge in [-0.15, -0.1) is 0 Å². The summed E-state index contributed by atoms with van der Waals surface area (Å²) >= 11 is 0. The highest BCUT2D eigenvalue weighted by Crippen LogP contribution is 2.19. The molecule has 144 valence electrons. The molecule has 0 radical (unpaired) electrons. The average molecular weight is 370 g/mol. The molecule has 0 aliphatic carbocycles. The first-order valence-corrected chi connectivity index (χ1v) is 9.33. The largest absolute Gasteiger partial charge is 0.385 e. The van der Waals surface area contributed by atoms with Gasteiger partial charge in [0.05, 0.1) is 6.10 Å². The van der Waals surface area contributed by atoms with Gasteiger partial charge in [0.15, 0.2) is 5.82 Å². The molecule has 2 N–H and O–H groups in total. The number of nitrogens with zero attached hydrogens (tertiary/aromatic N) is 2. The van der Waals surface area contributed by atoms with Crippen LogP contribution in [0.15, 0.2) is 36.4 Å². The van der Waals surface area contributed by atoms with Crippen LogP contribution in [0, 0.1) is 0 Å². The van der Waals surface area contributed by atoms with Crippen molar-refractivity contribution in [2.45, 2.75) is 25.4 Å². The Bertz CT molecular complexity index is 733. The number of aromatic nitrogens is 2. The minimum Gasteiger partial charge on any atom is -0.385 e. The van der Waals surface area contributed by atoms with Crippen molar-refractivity contribution in [2.24, 2.45) is 0 Å². The molecule has 1 aromatic heterocycles. The van der Waals surface area contributed by atoms with E-state index in [0.29, 0.717) is 37.0 Å². The summed E-state index contributed by atoms with van der Waals surface area (Å²) < 4.78 is 10.7. The lowest BCUT2D eigenvalue weighted by molar-refractivity contribution is 0.0943. The van der Waals surface area contributed by atoms with Crippen LogP contribution in [-0.4, -0.2) is 55.4 Å². The maximum atomic E-state index is 12.5. The van der Waals surface area contributed by atoms with Crippen LogP contribution in [0.3, 0.4) is 0 Å². The van der Waals surface area contributed by atoms with Gasteiger partial charge < -0.3 is 20.1 Å². The van der Waals surface area contributed by atoms with Crippen LogP contribution in [0.1, 0.15) is 29.8 Å². The van der Waals surface area contributed by atoms with Crippen molar-refractivity contribution in [3.8, 4) is 11.4 Å². The molecule has 2 aromatic rings. The predicted molar refractivity (Wildman–Crippen MR) is 104 cm³/mol. The molecule has 1 aromatic carbocycles. The third kappa shape index (κ3) is 5.74. The Kier molecular flexibility index (Phi) is 7.12. The zero-order valence-electron chi connectivity index (χ0n) is 15.6. The highest BCUT2D eigenvalue weighted by molar-refractivity contribution is 5.93. The van der Waals surface area contributed by atoms with Crippen LogP contribution < -0.4 is 10.6 Å². The number of carbonyl (C=O) groups is 1. The normalized spacial score (nSPS) is 16.3. The van der Waals surface area contributed by atoms with Crippen molar-refractivity contribution in [3.05, 3.63) is 42.1 Å². The summed E-state index contributed by atoms with van der Waals surface area (Å²) in [4.78, 5) is 21.5. The first kappa shape index (κ1) is 19.3. The van der Waals surface area contributed by atoms with Crippen molar-refractivity contribution in [2.75, 3.05) is 38.7 Å². The fourth-order valence-corrected chi connectivity index (χ4v) is 2.90. The molecule has 0 saturated carbocycles. The van der Waals surface area contributed by atoms with Crippen LogP contribution in [0.4, 0.5) is 5.82 Å². The molecule has 1 aliphatic heterocycles. The predicted octanol–water partition coefficient (Wildman–Crippen LogP) is 2.50. The summed E-state index contributed by atoms with van der Waals surface area (Å²) in [6.45, 7) is 2.62. The van der Waals surface area contributed by atoms with Gasteiger partial charge in [0, 0.05) is 45.0 Å². The van der Waals surface area contributed by atoms with Crippen LogP contribution in [0.2, 0.25) is 0 Å². The van der Waals surface area contributed by atoms with Crippen molar-refractivity contribution in [1.29, 1.82) is 0 Å². The molecule has 7 heteroatoms. The van der Waals surface area contributed by atoms with Crippen molar-refractivity contribution >= 4 is 11.7 Å². The Labute approximate surface area is 159 Å². The molecule has 1 atom stereocenters. The number of anilines is 1. The number of hydrogen-bond acceptors (Lipinski definition) is 6. The average Bonchev–Trinajstić information content (AvgIpc) is 3.24. The molecule has 7 nitrogen and oxygen atoms in total. The summed E-state index contributed by atoms with van der Waals surface area (Å²) in [7, 11) is 1.64. The van der Waals surface area contributed by atoms with Crippen molar-refractivity contribution in [3.63, 3.8) is 0 Å². The van der Waals surface area contributed by atoms with Crippen LogP contribution >= 0.6 is 0 Å². The second-order valence-electron chi connectivity index (χ2n) is 6.45. The van der Waals surface area contributed by atoms with Gasteiger partial charge in [0.1, 0.15) is 11.5 Å². The topological polar surface area (TPSA) is 85.4 Å². The number of amides is 1. The minimum absolute atomic E-state index is 0.187. The Balaban J connectivity index is 1.76. The van der Waals surface area contributed by atoms with E-state index in [0.717, 1.165) is 31.4 Å². The number of rotatable bonds is 9. The quantitative estimate of drug-likeness (QED) is 0.660. The number of benzene rings is 1. The first-order valence-electron chi connectivity index (χ1n) is 9.33. The van der Waals surface area contributed by atoms with E-state index in [9.17, 15) is 4.79 Å². The molecule has 0 spiro atoms. The summed E-state index contributed by atoms with van der Waals surface area (Å²) in [5.74, 6) is 0.933. The van der Waals surface area contributed by atoms with E-state index in [1.165, 1.54) is 0 Å². The van der Waals surface area contributed by atoms with E-state index in [-0.39, 0.29) is 12.0 Å². The van der Waals surface area contributed by atoms with Gasteiger partial charge in [-0.2, -0.15) is 0 Å². The fraction of sp³-hybridized carbons (Fsp3) is 0.450. The maximum absolute atomic E-state index is 12.5. The van der Waals surface area contributed by atoms with E-state index in [2.05, 4.69) is 20.6 Å². The van der Waals surface area contributed by atoms with Gasteiger partial charge >= 0.3 is 0 Å². The minimum atomic E-state index is -0.217. The SMILES string of the molecule is COCCCNC(=O)c1cc(NCC2CCCO2)nc(-c2ccccc2)n1. The summed E-state index contributed by atoms with van der Waals surface area (Å²) in [6.07, 6.45) is 3.06. The number of nitrogens with one attached hydrogen (secondary N) is 2. The number of ether oxygens (including phenoxy) is 2. The smallest absolute Gasteiger partial charge is 0.270 e. The summed E-state index contributed by atoms with van der Waals surface area (Å²) in [5, 5.41) is 6.17. The molecule has 2 heterocycles. The maximum Gasteiger partial charge on any atom is 0.270 e. The lowest BCUT2D eigenvalue weighted by Crippen LogP contribution is -2.27. The highest BCUT2D eigenvalue weighted by atomic mass is 16.5. The van der Waals surface area contributed by atoms with E-state index < -0.39 is 0 Å². The van der Waals surface area contributed by atoms with Crippen LogP contribution in [-0.2, 0) is 9.47 Å². The molecule has 3 rings (SSSR count). The van der Waals surface area contributed by atoms with Gasteiger partial charge in [0.25, 0.3) is 5.91 Å². The van der Waals surface area contributed by atoms with E-state index in [1.807, 2.05) is 30.3 Å². The van der Waals surface area contributed by atoms with E-state index in [4.69, 9.17) is 9.47 Å². The standard InChI is InChI=1S/C20H26N4O3/c1-26-11-6-10-21-20(25)17-13-18(22-14-16-9-5-12-27-16)24-19(23-17)15-7-3-2-4-8-15/h2-4,7-8,13,16H,5-6,9-12,14H2,1H3,(H,21,25)(H,22,23,24). The second-order valence-corrected chi connectivity index (χ2v) is 6.45. The third-order valence-electron chi connectivity index (χ3n) is 4.34. The van der Waals surface area contributed by atoms with Crippen LogP contribution in [0.25, 0.3) is 11.4 Å². The van der Waals surface area contributed by atoms with Gasteiger partial charge in [-0.25, -0.2) is 9.97 Å². The number of carbonyl (C=O) groups excluding carboxylic acids is 1. The zero-order chi connectivity index (χ0) is 18.9. The molecule has 1 saturated heterocycles. The highest BCUT2D eigenvalue weighted by Gasteiger charge is 2.17. The zero-order valence-corrected chi connectivity index (χ0v) is 15.6. The van der Waals surface area contributed by atoms with Gasteiger partial charge in [0.2, 0.25) is 0 Å². The Morgan fingerprint density at radius 3 is 2.89 bits per heavy atom. The molecule has 1 fully saturated rings. The van der Waals surface area contributed by atoms with Crippen LogP contribution in [0.5, 0.6) is 0 Å². The second kappa shape index (κ2) is 9.99. The summed E-state index contributed by atoms with van der Waals surface area (Å²) in [6, 6.07) is 11.3. The molecule has 1 aliphatic rings. The Morgan fingerprint density at radius 1 is 1.30 bits per heavy atom. The number of methoxy groups -OCH3 is 1. The molecule has 0 bridgehead atoms. The van der Waals surface area contributed by atoms with Gasteiger partial charge in [-0.05, 0) is 19.3 Å². The van der Waals surface area contributed by atoms with Gasteiger partial charge in [-0.3, -0.25) is 4.79 Å². The lowest BCUT2D eigenvalue weighted by atomic mass is 10.2. The lowest BCUT2D eigenvalue weighted by Gasteiger charge is -2.13. The monoisotopic (exact) mass is 370 g/mol.